The highest BCUT2D eigenvalue weighted by molar-refractivity contribution is 6.17. The van der Waals surface area contributed by atoms with Crippen LogP contribution in [0.4, 0.5) is 0 Å². The molecule has 0 radical (unpaired) electrons. The van der Waals surface area contributed by atoms with Gasteiger partial charge in [0.15, 0.2) is 0 Å². The monoisotopic (exact) mass is 269 g/mol. The van der Waals surface area contributed by atoms with Gasteiger partial charge in [0.25, 0.3) is 0 Å². The normalized spacial score (nSPS) is 11.4. The summed E-state index contributed by atoms with van der Waals surface area (Å²) in [4.78, 5) is 2.42. The van der Waals surface area contributed by atoms with E-state index in [1.165, 1.54) is 11.1 Å². The first-order chi connectivity index (χ1) is 8.63. The molecular formula is C15H24ClNO. The fourth-order valence-electron chi connectivity index (χ4n) is 1.79. The molecule has 0 aliphatic heterocycles. The number of rotatable bonds is 8. The Kier molecular flexibility index (Phi) is 7.33. The number of hydrogen-bond acceptors (Lipinski definition) is 2. The van der Waals surface area contributed by atoms with E-state index in [1.54, 1.807) is 0 Å². The van der Waals surface area contributed by atoms with Crippen molar-refractivity contribution in [2.75, 3.05) is 25.6 Å². The number of halogens is 1. The largest absolute Gasteiger partial charge is 0.379 e. The van der Waals surface area contributed by atoms with E-state index >= 15 is 0 Å². The Morgan fingerprint density at radius 1 is 1.17 bits per heavy atom. The smallest absolute Gasteiger partial charge is 0.0602 e. The molecule has 3 heteroatoms. The summed E-state index contributed by atoms with van der Waals surface area (Å²) in [6.45, 7) is 9.86. The van der Waals surface area contributed by atoms with Gasteiger partial charge in [0.1, 0.15) is 0 Å². The minimum absolute atomic E-state index is 0.519. The van der Waals surface area contributed by atoms with Gasteiger partial charge >= 0.3 is 0 Å². The van der Waals surface area contributed by atoms with Gasteiger partial charge in [0.2, 0.25) is 0 Å². The Morgan fingerprint density at radius 2 is 1.83 bits per heavy atom. The number of ether oxygens (including phenoxy) is 1. The lowest BCUT2D eigenvalue weighted by Gasteiger charge is -2.26. The fourth-order valence-corrected chi connectivity index (χ4v) is 1.90. The van der Waals surface area contributed by atoms with Crippen LogP contribution >= 0.6 is 11.6 Å². The summed E-state index contributed by atoms with van der Waals surface area (Å²) in [6.07, 6.45) is 0. The minimum atomic E-state index is 0.519. The highest BCUT2D eigenvalue weighted by Gasteiger charge is 2.09. The van der Waals surface area contributed by atoms with E-state index in [2.05, 4.69) is 49.9 Å². The molecule has 1 aromatic rings. The van der Waals surface area contributed by atoms with Crippen molar-refractivity contribution in [3.8, 4) is 0 Å². The van der Waals surface area contributed by atoms with Crippen LogP contribution in [0.3, 0.4) is 0 Å². The molecule has 0 atom stereocenters. The lowest BCUT2D eigenvalue weighted by atomic mass is 10.1. The van der Waals surface area contributed by atoms with Crippen molar-refractivity contribution >= 4 is 11.6 Å². The second-order valence-electron chi connectivity index (χ2n) is 4.85. The van der Waals surface area contributed by atoms with Crippen molar-refractivity contribution in [3.05, 3.63) is 35.4 Å². The molecule has 0 aliphatic rings. The van der Waals surface area contributed by atoms with Gasteiger partial charge in [0, 0.05) is 25.0 Å². The van der Waals surface area contributed by atoms with Gasteiger partial charge in [-0.3, -0.25) is 4.90 Å². The van der Waals surface area contributed by atoms with Gasteiger partial charge in [0.05, 0.1) is 13.2 Å². The van der Waals surface area contributed by atoms with Crippen LogP contribution in [0.2, 0.25) is 0 Å². The second kappa shape index (κ2) is 8.52. The topological polar surface area (TPSA) is 12.5 Å². The third-order valence-corrected chi connectivity index (χ3v) is 3.14. The Labute approximate surface area is 116 Å². The van der Waals surface area contributed by atoms with Crippen molar-refractivity contribution in [2.45, 2.75) is 33.4 Å². The highest BCUT2D eigenvalue weighted by Crippen LogP contribution is 2.09. The summed E-state index contributed by atoms with van der Waals surface area (Å²) in [7, 11) is 0. The minimum Gasteiger partial charge on any atom is -0.379 e. The molecule has 0 spiro atoms. The Hall–Kier alpha value is -0.570. The molecule has 0 bridgehead atoms. The zero-order chi connectivity index (χ0) is 13.4. The Bertz CT molecular complexity index is 324. The van der Waals surface area contributed by atoms with Crippen molar-refractivity contribution < 1.29 is 4.74 Å². The van der Waals surface area contributed by atoms with E-state index < -0.39 is 0 Å². The number of nitrogens with zero attached hydrogens (tertiary/aromatic N) is 1. The van der Waals surface area contributed by atoms with Crippen LogP contribution < -0.4 is 0 Å². The second-order valence-corrected chi connectivity index (χ2v) is 5.23. The van der Waals surface area contributed by atoms with Crippen LogP contribution in [0, 0.1) is 6.92 Å². The predicted octanol–water partition coefficient (Wildman–Crippen LogP) is 3.46. The average Bonchev–Trinajstić information content (AvgIpc) is 2.35. The van der Waals surface area contributed by atoms with Crippen LogP contribution in [-0.4, -0.2) is 36.6 Å². The van der Waals surface area contributed by atoms with Crippen molar-refractivity contribution in [1.29, 1.82) is 0 Å². The van der Waals surface area contributed by atoms with Crippen LogP contribution in [-0.2, 0) is 11.3 Å². The SMILES string of the molecule is Cc1ccc(CN(CCOCCCl)C(C)C)cc1. The van der Waals surface area contributed by atoms with E-state index in [4.69, 9.17) is 16.3 Å². The maximum Gasteiger partial charge on any atom is 0.0602 e. The Balaban J connectivity index is 2.44. The molecule has 18 heavy (non-hydrogen) atoms. The summed E-state index contributed by atoms with van der Waals surface area (Å²) in [5.74, 6) is 0.569. The predicted molar refractivity (Wildman–Crippen MR) is 78.3 cm³/mol. The zero-order valence-corrected chi connectivity index (χ0v) is 12.4. The molecule has 0 aliphatic carbocycles. The third kappa shape index (κ3) is 5.85. The molecule has 1 rings (SSSR count). The molecule has 1 aromatic carbocycles. The van der Waals surface area contributed by atoms with Crippen LogP contribution in [0.15, 0.2) is 24.3 Å². The molecular weight excluding hydrogens is 246 g/mol. The molecule has 0 saturated heterocycles. The van der Waals surface area contributed by atoms with Crippen LogP contribution in [0.25, 0.3) is 0 Å². The summed E-state index contributed by atoms with van der Waals surface area (Å²) >= 11 is 5.59. The first kappa shape index (κ1) is 15.5. The summed E-state index contributed by atoms with van der Waals surface area (Å²) in [5.41, 5.74) is 2.66. The van der Waals surface area contributed by atoms with Gasteiger partial charge < -0.3 is 4.74 Å². The van der Waals surface area contributed by atoms with E-state index in [1.807, 2.05) is 0 Å². The molecule has 102 valence electrons. The van der Waals surface area contributed by atoms with Crippen LogP contribution in [0.5, 0.6) is 0 Å². The maximum atomic E-state index is 5.59. The van der Waals surface area contributed by atoms with E-state index in [0.29, 0.717) is 18.5 Å². The van der Waals surface area contributed by atoms with E-state index in [0.717, 1.165) is 19.7 Å². The molecule has 0 heterocycles. The van der Waals surface area contributed by atoms with Gasteiger partial charge in [-0.15, -0.1) is 11.6 Å². The number of aryl methyl sites for hydroxylation is 1. The molecule has 0 aromatic heterocycles. The van der Waals surface area contributed by atoms with Gasteiger partial charge in [-0.2, -0.15) is 0 Å². The first-order valence-electron chi connectivity index (χ1n) is 6.56. The quantitative estimate of drug-likeness (QED) is 0.529. The van der Waals surface area contributed by atoms with E-state index in [9.17, 15) is 0 Å². The van der Waals surface area contributed by atoms with Gasteiger partial charge in [-0.25, -0.2) is 0 Å². The lowest BCUT2D eigenvalue weighted by molar-refractivity contribution is 0.0984. The summed E-state index contributed by atoms with van der Waals surface area (Å²) in [5, 5.41) is 0. The summed E-state index contributed by atoms with van der Waals surface area (Å²) in [6, 6.07) is 9.25. The van der Waals surface area contributed by atoms with E-state index in [-0.39, 0.29) is 0 Å². The zero-order valence-electron chi connectivity index (χ0n) is 11.7. The number of hydrogen-bond donors (Lipinski definition) is 0. The standard InChI is InChI=1S/C15H24ClNO/c1-13(2)17(9-11-18-10-8-16)12-15-6-4-14(3)5-7-15/h4-7,13H,8-12H2,1-3H3. The maximum absolute atomic E-state index is 5.59. The van der Waals surface area contributed by atoms with Gasteiger partial charge in [-0.1, -0.05) is 29.8 Å². The lowest BCUT2D eigenvalue weighted by Crippen LogP contribution is -2.33. The average molecular weight is 270 g/mol. The molecule has 0 fully saturated rings. The summed E-state index contributed by atoms with van der Waals surface area (Å²) < 4.78 is 5.45. The number of alkyl halides is 1. The van der Waals surface area contributed by atoms with Gasteiger partial charge in [-0.05, 0) is 26.3 Å². The molecule has 0 amide bonds. The fraction of sp³-hybridized carbons (Fsp3) is 0.600. The van der Waals surface area contributed by atoms with Crippen molar-refractivity contribution in [2.24, 2.45) is 0 Å². The third-order valence-electron chi connectivity index (χ3n) is 2.98. The van der Waals surface area contributed by atoms with Crippen molar-refractivity contribution in [1.82, 2.24) is 4.90 Å². The molecule has 2 nitrogen and oxygen atoms in total. The highest BCUT2D eigenvalue weighted by atomic mass is 35.5. The molecule has 0 saturated carbocycles. The number of benzene rings is 1. The Morgan fingerprint density at radius 3 is 2.39 bits per heavy atom. The first-order valence-corrected chi connectivity index (χ1v) is 7.10. The molecule has 0 N–H and O–H groups in total. The van der Waals surface area contributed by atoms with Crippen LogP contribution in [0.1, 0.15) is 25.0 Å². The molecule has 0 unspecified atom stereocenters. The van der Waals surface area contributed by atoms with Crippen molar-refractivity contribution in [3.63, 3.8) is 0 Å².